The Morgan fingerprint density at radius 2 is 2.50 bits per heavy atom. The van der Waals surface area contributed by atoms with Crippen LogP contribution in [0.5, 0.6) is 0 Å². The highest BCUT2D eigenvalue weighted by Gasteiger charge is 2.24. The molecule has 1 unspecified atom stereocenters. The fourth-order valence-corrected chi connectivity index (χ4v) is 2.25. The topological polar surface area (TPSA) is 86.0 Å². The third kappa shape index (κ3) is 3.35. The zero-order chi connectivity index (χ0) is 14.5. The summed E-state index contributed by atoms with van der Waals surface area (Å²) in [6.07, 6.45) is 1.67. The van der Waals surface area contributed by atoms with Gasteiger partial charge in [0.25, 0.3) is 0 Å². The predicted molar refractivity (Wildman–Crippen MR) is 75.1 cm³/mol. The van der Waals surface area contributed by atoms with Gasteiger partial charge in [-0.05, 0) is 13.8 Å². The Kier molecular flexibility index (Phi) is 4.71. The van der Waals surface area contributed by atoms with Gasteiger partial charge < -0.3 is 10.6 Å². The molecule has 0 saturated carbocycles. The molecule has 1 fully saturated rings. The van der Waals surface area contributed by atoms with Crippen molar-refractivity contribution in [1.82, 2.24) is 20.0 Å². The third-order valence-corrected chi connectivity index (χ3v) is 3.28. The van der Waals surface area contributed by atoms with Gasteiger partial charge in [-0.15, -0.1) is 0 Å². The molecule has 2 rings (SSSR count). The molecule has 0 radical (unpaired) electrons. The highest BCUT2D eigenvalue weighted by atomic mass is 16.2. The summed E-state index contributed by atoms with van der Waals surface area (Å²) in [7, 11) is 0. The van der Waals surface area contributed by atoms with E-state index < -0.39 is 0 Å². The maximum Gasteiger partial charge on any atom is 0.239 e. The van der Waals surface area contributed by atoms with Crippen molar-refractivity contribution < 1.29 is 4.79 Å². The van der Waals surface area contributed by atoms with E-state index in [1.165, 1.54) is 0 Å². The molecule has 108 valence electrons. The van der Waals surface area contributed by atoms with Crippen molar-refractivity contribution in [1.29, 1.82) is 5.26 Å². The SMILES string of the molecule is CC(C)n1nccc1NC(=O)CN1CCNCC1C#N. The number of piperazine rings is 1. The minimum absolute atomic E-state index is 0.116. The molecule has 1 amide bonds. The van der Waals surface area contributed by atoms with E-state index in [-0.39, 0.29) is 24.5 Å². The summed E-state index contributed by atoms with van der Waals surface area (Å²) in [6, 6.07) is 3.93. The molecule has 7 heteroatoms. The van der Waals surface area contributed by atoms with Gasteiger partial charge >= 0.3 is 0 Å². The average Bonchev–Trinajstić information content (AvgIpc) is 2.87. The van der Waals surface area contributed by atoms with E-state index in [9.17, 15) is 4.79 Å². The number of aromatic nitrogens is 2. The van der Waals surface area contributed by atoms with Crippen LogP contribution in [-0.4, -0.2) is 52.8 Å². The molecule has 1 aliphatic heterocycles. The molecular weight excluding hydrogens is 256 g/mol. The molecule has 20 heavy (non-hydrogen) atoms. The van der Waals surface area contributed by atoms with Gasteiger partial charge in [0.1, 0.15) is 11.9 Å². The number of nitrogens with one attached hydrogen (secondary N) is 2. The first-order chi connectivity index (χ1) is 9.61. The summed E-state index contributed by atoms with van der Waals surface area (Å²) in [4.78, 5) is 14.0. The zero-order valence-corrected chi connectivity index (χ0v) is 11.8. The Morgan fingerprint density at radius 1 is 1.70 bits per heavy atom. The molecule has 2 heterocycles. The van der Waals surface area contributed by atoms with Crippen molar-refractivity contribution in [2.24, 2.45) is 0 Å². The number of nitriles is 1. The van der Waals surface area contributed by atoms with Gasteiger partial charge in [-0.3, -0.25) is 9.69 Å². The van der Waals surface area contributed by atoms with Gasteiger partial charge in [0, 0.05) is 31.7 Å². The standard InChI is InChI=1S/C13H20N6O/c1-10(2)19-12(3-4-16-19)17-13(20)9-18-6-5-15-8-11(18)7-14/h3-4,10-11,15H,5-6,8-9H2,1-2H3,(H,17,20). The fraction of sp³-hybridized carbons (Fsp3) is 0.615. The van der Waals surface area contributed by atoms with E-state index in [4.69, 9.17) is 5.26 Å². The second kappa shape index (κ2) is 6.50. The second-order valence-corrected chi connectivity index (χ2v) is 5.12. The number of carbonyl (C=O) groups excluding carboxylic acids is 1. The average molecular weight is 276 g/mol. The molecule has 0 spiro atoms. The maximum absolute atomic E-state index is 12.1. The molecular formula is C13H20N6O. The Balaban J connectivity index is 1.95. The summed E-state index contributed by atoms with van der Waals surface area (Å²) in [5, 5.41) is 19.2. The minimum Gasteiger partial charge on any atom is -0.313 e. The number of hydrogen-bond acceptors (Lipinski definition) is 5. The quantitative estimate of drug-likeness (QED) is 0.820. The lowest BCUT2D eigenvalue weighted by Crippen LogP contribution is -2.52. The number of anilines is 1. The molecule has 1 atom stereocenters. The molecule has 1 saturated heterocycles. The van der Waals surface area contributed by atoms with Crippen molar-refractivity contribution in [3.63, 3.8) is 0 Å². The molecule has 0 bridgehead atoms. The van der Waals surface area contributed by atoms with Gasteiger partial charge in [-0.1, -0.05) is 0 Å². The van der Waals surface area contributed by atoms with Crippen LogP contribution in [0.2, 0.25) is 0 Å². The first kappa shape index (κ1) is 14.5. The Hall–Kier alpha value is -1.91. The van der Waals surface area contributed by atoms with Crippen molar-refractivity contribution in [3.05, 3.63) is 12.3 Å². The van der Waals surface area contributed by atoms with Gasteiger partial charge in [0.2, 0.25) is 5.91 Å². The van der Waals surface area contributed by atoms with E-state index in [2.05, 4.69) is 21.8 Å². The largest absolute Gasteiger partial charge is 0.313 e. The predicted octanol–water partition coefficient (Wildman–Crippen LogP) is 0.200. The molecule has 1 aliphatic rings. The summed E-state index contributed by atoms with van der Waals surface area (Å²) in [6.45, 7) is 6.34. The van der Waals surface area contributed by atoms with Crippen molar-refractivity contribution in [2.75, 3.05) is 31.5 Å². The fourth-order valence-electron chi connectivity index (χ4n) is 2.25. The maximum atomic E-state index is 12.1. The van der Waals surface area contributed by atoms with Crippen molar-refractivity contribution >= 4 is 11.7 Å². The van der Waals surface area contributed by atoms with Crippen LogP contribution in [0.25, 0.3) is 0 Å². The molecule has 7 nitrogen and oxygen atoms in total. The molecule has 1 aromatic rings. The van der Waals surface area contributed by atoms with Crippen LogP contribution in [0.3, 0.4) is 0 Å². The molecule has 2 N–H and O–H groups in total. The Labute approximate surface area is 118 Å². The third-order valence-electron chi connectivity index (χ3n) is 3.28. The number of hydrogen-bond donors (Lipinski definition) is 2. The monoisotopic (exact) mass is 276 g/mol. The highest BCUT2D eigenvalue weighted by molar-refractivity contribution is 5.91. The van der Waals surface area contributed by atoms with Crippen LogP contribution >= 0.6 is 0 Å². The van der Waals surface area contributed by atoms with E-state index in [1.54, 1.807) is 16.9 Å². The van der Waals surface area contributed by atoms with Crippen molar-refractivity contribution in [2.45, 2.75) is 25.9 Å². The lowest BCUT2D eigenvalue weighted by Gasteiger charge is -2.31. The van der Waals surface area contributed by atoms with Crippen molar-refractivity contribution in [3.8, 4) is 6.07 Å². The molecule has 1 aromatic heterocycles. The first-order valence-corrected chi connectivity index (χ1v) is 6.79. The minimum atomic E-state index is -0.246. The molecule has 0 aromatic carbocycles. The zero-order valence-electron chi connectivity index (χ0n) is 11.8. The number of amides is 1. The van der Waals surface area contributed by atoms with Gasteiger partial charge in [0.05, 0.1) is 18.8 Å². The van der Waals surface area contributed by atoms with Gasteiger partial charge in [-0.25, -0.2) is 4.68 Å². The molecule has 0 aliphatic carbocycles. The highest BCUT2D eigenvalue weighted by Crippen LogP contribution is 2.13. The summed E-state index contributed by atoms with van der Waals surface area (Å²) >= 11 is 0. The van der Waals surface area contributed by atoms with E-state index in [1.807, 2.05) is 18.7 Å². The van der Waals surface area contributed by atoms with Crippen LogP contribution in [0.1, 0.15) is 19.9 Å². The smallest absolute Gasteiger partial charge is 0.239 e. The normalized spacial score (nSPS) is 19.8. The van der Waals surface area contributed by atoms with Gasteiger partial charge in [0.15, 0.2) is 0 Å². The number of rotatable bonds is 4. The number of nitrogens with zero attached hydrogens (tertiary/aromatic N) is 4. The van der Waals surface area contributed by atoms with E-state index >= 15 is 0 Å². The Bertz CT molecular complexity index is 503. The van der Waals surface area contributed by atoms with Gasteiger partial charge in [-0.2, -0.15) is 10.4 Å². The van der Waals surface area contributed by atoms with Crippen LogP contribution in [0, 0.1) is 11.3 Å². The van der Waals surface area contributed by atoms with E-state index in [0.717, 1.165) is 6.54 Å². The lowest BCUT2D eigenvalue weighted by molar-refractivity contribution is -0.117. The van der Waals surface area contributed by atoms with Crippen LogP contribution in [-0.2, 0) is 4.79 Å². The summed E-state index contributed by atoms with van der Waals surface area (Å²) in [5.74, 6) is 0.572. The summed E-state index contributed by atoms with van der Waals surface area (Å²) in [5.41, 5.74) is 0. The van der Waals surface area contributed by atoms with Crippen LogP contribution in [0.4, 0.5) is 5.82 Å². The number of carbonyl (C=O) groups is 1. The second-order valence-electron chi connectivity index (χ2n) is 5.12. The lowest BCUT2D eigenvalue weighted by atomic mass is 10.2. The van der Waals surface area contributed by atoms with Crippen LogP contribution < -0.4 is 10.6 Å². The van der Waals surface area contributed by atoms with E-state index in [0.29, 0.717) is 18.9 Å². The van der Waals surface area contributed by atoms with Crippen LogP contribution in [0.15, 0.2) is 12.3 Å². The Morgan fingerprint density at radius 3 is 3.20 bits per heavy atom. The summed E-state index contributed by atoms with van der Waals surface area (Å²) < 4.78 is 1.76. The first-order valence-electron chi connectivity index (χ1n) is 6.79.